The maximum atomic E-state index is 14.4. The number of benzene rings is 2. The lowest BCUT2D eigenvalue weighted by Crippen LogP contribution is -2.12. The normalized spacial score (nSPS) is 10.9. The SMILES string of the molecule is O=c1c2ccccc2sn1-c1cccc(F)c1Oc1cccnc1. The Kier molecular flexibility index (Phi) is 3.59. The molecule has 4 nitrogen and oxygen atoms in total. The second kappa shape index (κ2) is 5.90. The van der Waals surface area contributed by atoms with Gasteiger partial charge in [0.1, 0.15) is 11.4 Å². The summed E-state index contributed by atoms with van der Waals surface area (Å²) >= 11 is 1.25. The number of para-hydroxylation sites is 1. The Balaban J connectivity index is 1.90. The molecular weight excluding hydrogens is 327 g/mol. The summed E-state index contributed by atoms with van der Waals surface area (Å²) in [4.78, 5) is 16.6. The van der Waals surface area contributed by atoms with Crippen LogP contribution in [-0.4, -0.2) is 8.94 Å². The minimum atomic E-state index is -0.541. The van der Waals surface area contributed by atoms with Crippen LogP contribution in [0.2, 0.25) is 0 Å². The maximum Gasteiger partial charge on any atom is 0.273 e. The molecule has 0 radical (unpaired) electrons. The van der Waals surface area contributed by atoms with Crippen LogP contribution < -0.4 is 10.3 Å². The fourth-order valence-corrected chi connectivity index (χ4v) is 3.43. The standard InChI is InChI=1S/C18H11FN2O2S/c19-14-7-3-8-15(17(14)23-12-5-4-10-20-11-12)21-18(22)13-6-1-2-9-16(13)24-21/h1-11H. The first-order valence-electron chi connectivity index (χ1n) is 7.22. The van der Waals surface area contributed by atoms with E-state index in [4.69, 9.17) is 4.74 Å². The average Bonchev–Trinajstić information content (AvgIpc) is 2.95. The van der Waals surface area contributed by atoms with Crippen LogP contribution in [0.15, 0.2) is 71.8 Å². The zero-order chi connectivity index (χ0) is 16.5. The van der Waals surface area contributed by atoms with Crippen LogP contribution in [-0.2, 0) is 0 Å². The first kappa shape index (κ1) is 14.6. The molecule has 4 aromatic rings. The van der Waals surface area contributed by atoms with Crippen molar-refractivity contribution in [3.63, 3.8) is 0 Å². The predicted octanol–water partition coefficient (Wildman–Crippen LogP) is 4.38. The number of aromatic nitrogens is 2. The molecule has 24 heavy (non-hydrogen) atoms. The summed E-state index contributed by atoms with van der Waals surface area (Å²) in [6.45, 7) is 0. The van der Waals surface area contributed by atoms with E-state index < -0.39 is 5.82 Å². The largest absolute Gasteiger partial charge is 0.450 e. The van der Waals surface area contributed by atoms with Crippen LogP contribution >= 0.6 is 11.5 Å². The molecule has 0 saturated carbocycles. The van der Waals surface area contributed by atoms with Gasteiger partial charge >= 0.3 is 0 Å². The first-order valence-corrected chi connectivity index (χ1v) is 7.99. The van der Waals surface area contributed by atoms with Gasteiger partial charge in [0, 0.05) is 6.20 Å². The van der Waals surface area contributed by atoms with Crippen molar-refractivity contribution in [2.75, 3.05) is 0 Å². The molecule has 0 atom stereocenters. The molecule has 2 aromatic carbocycles. The van der Waals surface area contributed by atoms with Crippen molar-refractivity contribution in [3.8, 4) is 17.2 Å². The van der Waals surface area contributed by atoms with Crippen LogP contribution in [0.25, 0.3) is 15.8 Å². The number of pyridine rings is 1. The molecule has 0 aliphatic heterocycles. The Morgan fingerprint density at radius 1 is 1.04 bits per heavy atom. The summed E-state index contributed by atoms with van der Waals surface area (Å²) in [6, 6.07) is 15.2. The zero-order valence-electron chi connectivity index (χ0n) is 12.3. The molecule has 0 unspecified atom stereocenters. The van der Waals surface area contributed by atoms with Crippen molar-refractivity contribution in [1.82, 2.24) is 8.94 Å². The maximum absolute atomic E-state index is 14.4. The third-order valence-corrected chi connectivity index (χ3v) is 4.61. The number of nitrogens with zero attached hydrogens (tertiary/aromatic N) is 2. The Hall–Kier alpha value is -2.99. The van der Waals surface area contributed by atoms with Crippen LogP contribution in [0.1, 0.15) is 0 Å². The highest BCUT2D eigenvalue weighted by molar-refractivity contribution is 7.14. The summed E-state index contributed by atoms with van der Waals surface area (Å²) < 4.78 is 22.3. The number of hydrogen-bond donors (Lipinski definition) is 0. The van der Waals surface area contributed by atoms with Crippen molar-refractivity contribution in [1.29, 1.82) is 0 Å². The summed E-state index contributed by atoms with van der Waals surface area (Å²) in [5.41, 5.74) is 0.169. The molecule has 0 saturated heterocycles. The molecule has 0 N–H and O–H groups in total. The number of fused-ring (bicyclic) bond motifs is 1. The minimum absolute atomic E-state index is 0.000781. The van der Waals surface area contributed by atoms with E-state index in [1.165, 1.54) is 27.8 Å². The lowest BCUT2D eigenvalue weighted by Gasteiger charge is -2.11. The molecule has 2 heterocycles. The van der Waals surface area contributed by atoms with Crippen LogP contribution in [0.3, 0.4) is 0 Å². The highest BCUT2D eigenvalue weighted by atomic mass is 32.1. The Morgan fingerprint density at radius 3 is 2.71 bits per heavy atom. The number of hydrogen-bond acceptors (Lipinski definition) is 4. The van der Waals surface area contributed by atoms with E-state index in [9.17, 15) is 9.18 Å². The second-order valence-corrected chi connectivity index (χ2v) is 6.05. The van der Waals surface area contributed by atoms with Gasteiger partial charge < -0.3 is 4.74 Å². The fourth-order valence-electron chi connectivity index (χ4n) is 2.41. The van der Waals surface area contributed by atoms with Gasteiger partial charge in [0.05, 0.1) is 16.3 Å². The average molecular weight is 338 g/mol. The molecule has 0 fully saturated rings. The molecule has 2 aromatic heterocycles. The number of halogens is 1. The van der Waals surface area contributed by atoms with Gasteiger partial charge in [-0.15, -0.1) is 0 Å². The number of rotatable bonds is 3. The Bertz CT molecular complexity index is 1070. The predicted molar refractivity (Wildman–Crippen MR) is 91.7 cm³/mol. The van der Waals surface area contributed by atoms with E-state index in [0.29, 0.717) is 16.8 Å². The molecule has 0 bridgehead atoms. The third kappa shape index (κ3) is 2.47. The van der Waals surface area contributed by atoms with Gasteiger partial charge in [0.2, 0.25) is 0 Å². The van der Waals surface area contributed by atoms with E-state index in [1.807, 2.05) is 12.1 Å². The summed E-state index contributed by atoms with van der Waals surface area (Å²) in [7, 11) is 0. The fraction of sp³-hybridized carbons (Fsp3) is 0. The molecule has 0 aliphatic carbocycles. The Labute approximate surface area is 140 Å². The summed E-state index contributed by atoms with van der Waals surface area (Å²) in [5, 5.41) is 0.596. The summed E-state index contributed by atoms with van der Waals surface area (Å²) in [5.74, 6) is -0.141. The zero-order valence-corrected chi connectivity index (χ0v) is 13.2. The topological polar surface area (TPSA) is 44.1 Å². The van der Waals surface area contributed by atoms with Crippen LogP contribution in [0.4, 0.5) is 4.39 Å². The smallest absolute Gasteiger partial charge is 0.273 e. The Morgan fingerprint density at radius 2 is 1.92 bits per heavy atom. The quantitative estimate of drug-likeness (QED) is 0.557. The van der Waals surface area contributed by atoms with Gasteiger partial charge in [-0.3, -0.25) is 9.78 Å². The van der Waals surface area contributed by atoms with Crippen molar-refractivity contribution in [3.05, 3.63) is 83.2 Å². The van der Waals surface area contributed by atoms with Gasteiger partial charge in [0.15, 0.2) is 11.6 Å². The van der Waals surface area contributed by atoms with Gasteiger partial charge in [-0.1, -0.05) is 29.7 Å². The van der Waals surface area contributed by atoms with Crippen molar-refractivity contribution < 1.29 is 9.13 Å². The minimum Gasteiger partial charge on any atom is -0.450 e. The first-order chi connectivity index (χ1) is 11.7. The lowest BCUT2D eigenvalue weighted by molar-refractivity contribution is 0.439. The van der Waals surface area contributed by atoms with E-state index >= 15 is 0 Å². The number of ether oxygens (including phenoxy) is 1. The van der Waals surface area contributed by atoms with Crippen molar-refractivity contribution >= 4 is 21.6 Å². The van der Waals surface area contributed by atoms with Crippen LogP contribution in [0.5, 0.6) is 11.5 Å². The van der Waals surface area contributed by atoms with Crippen molar-refractivity contribution in [2.24, 2.45) is 0 Å². The second-order valence-electron chi connectivity index (χ2n) is 5.07. The lowest BCUT2D eigenvalue weighted by atomic mass is 10.2. The van der Waals surface area contributed by atoms with E-state index in [0.717, 1.165) is 4.70 Å². The highest BCUT2D eigenvalue weighted by Crippen LogP contribution is 2.32. The third-order valence-electron chi connectivity index (χ3n) is 3.51. The summed E-state index contributed by atoms with van der Waals surface area (Å²) in [6.07, 6.45) is 3.09. The van der Waals surface area contributed by atoms with E-state index in [2.05, 4.69) is 4.98 Å². The van der Waals surface area contributed by atoms with Gasteiger partial charge in [-0.05, 0) is 36.4 Å². The molecule has 6 heteroatoms. The molecule has 4 rings (SSSR count). The molecule has 0 amide bonds. The van der Waals surface area contributed by atoms with E-state index in [1.54, 1.807) is 42.6 Å². The van der Waals surface area contributed by atoms with Gasteiger partial charge in [-0.25, -0.2) is 8.35 Å². The molecule has 0 aliphatic rings. The molecule has 0 spiro atoms. The van der Waals surface area contributed by atoms with Crippen molar-refractivity contribution in [2.45, 2.75) is 0 Å². The monoisotopic (exact) mass is 338 g/mol. The van der Waals surface area contributed by atoms with Gasteiger partial charge in [-0.2, -0.15) is 0 Å². The van der Waals surface area contributed by atoms with E-state index in [-0.39, 0.29) is 11.3 Å². The van der Waals surface area contributed by atoms with Gasteiger partial charge in [0.25, 0.3) is 5.56 Å². The highest BCUT2D eigenvalue weighted by Gasteiger charge is 2.17. The van der Waals surface area contributed by atoms with Crippen LogP contribution in [0, 0.1) is 5.82 Å². The molecule has 118 valence electrons. The molecular formula is C18H11FN2O2S.